The van der Waals surface area contributed by atoms with Crippen molar-refractivity contribution in [3.8, 4) is 0 Å². The third kappa shape index (κ3) is 14.2. The maximum atomic E-state index is 13.5. The van der Waals surface area contributed by atoms with Crippen LogP contribution in [0.2, 0.25) is 0 Å². The molecule has 3 saturated carbocycles. The Labute approximate surface area is 351 Å². The smallest absolute Gasteiger partial charge is 0.306 e. The Morgan fingerprint density at radius 3 is 2.03 bits per heavy atom. The highest BCUT2D eigenvalue weighted by molar-refractivity contribution is 6.01. The van der Waals surface area contributed by atoms with Gasteiger partial charge in [0.15, 0.2) is 12.4 Å². The van der Waals surface area contributed by atoms with Crippen molar-refractivity contribution in [2.24, 2.45) is 28.6 Å². The lowest BCUT2D eigenvalue weighted by atomic mass is 9.46. The van der Waals surface area contributed by atoms with E-state index in [4.69, 9.17) is 14.6 Å². The van der Waals surface area contributed by atoms with Crippen molar-refractivity contribution >= 4 is 35.4 Å². The molecule has 0 unspecified atom stereocenters. The molecule has 0 aromatic carbocycles. The number of allylic oxidation sites excluding steroid dienone is 6. The zero-order valence-corrected chi connectivity index (χ0v) is 36.2. The van der Waals surface area contributed by atoms with Crippen molar-refractivity contribution in [3.63, 3.8) is 0 Å². The summed E-state index contributed by atoms with van der Waals surface area (Å²) in [5.74, 6) is -3.19. The molecule has 0 aromatic heterocycles. The van der Waals surface area contributed by atoms with Crippen molar-refractivity contribution in [1.82, 2.24) is 0 Å². The number of carbonyl (C=O) groups excluding carboxylic acids is 5. The molecule has 59 heavy (non-hydrogen) atoms. The summed E-state index contributed by atoms with van der Waals surface area (Å²) in [5, 5.41) is 31.4. The number of Topliss-reactive ketones (excluding diaryl/α,β-unsaturated/α-hetero) is 1. The number of hydrogen-bond donors (Lipinski definition) is 3. The molecule has 4 aliphatic carbocycles. The lowest BCUT2D eigenvalue weighted by Gasteiger charge is -2.59. The van der Waals surface area contributed by atoms with Crippen LogP contribution in [0.1, 0.15) is 162 Å². The number of carboxylic acid groups (broad SMARTS) is 1. The SMILES string of the molecule is CCCCCCC/C=C\CCCCCCCCOC(=O)CCC(=O)OCC(=O)[C@@]1(O)CC[C@H]2[C@@H]3CCC4=CC(=O)C=C[C@]4(C)[C@H]3[C@@H](O)C[C@@]21C.COC(=O)CCC(=O)O. The molecule has 12 heteroatoms. The molecule has 0 bridgehead atoms. The van der Waals surface area contributed by atoms with Gasteiger partial charge in [0, 0.05) is 16.7 Å². The van der Waals surface area contributed by atoms with E-state index in [0.717, 1.165) is 44.1 Å². The highest BCUT2D eigenvalue weighted by Crippen LogP contribution is 2.67. The van der Waals surface area contributed by atoms with Gasteiger partial charge in [0.2, 0.25) is 5.78 Å². The number of aliphatic hydroxyl groups excluding tert-OH is 1. The van der Waals surface area contributed by atoms with E-state index in [-0.39, 0.29) is 62.1 Å². The first kappa shape index (κ1) is 49.7. The average Bonchev–Trinajstić information content (AvgIpc) is 3.48. The monoisotopic (exact) mass is 829 g/mol. The van der Waals surface area contributed by atoms with Crippen LogP contribution >= 0.6 is 0 Å². The van der Waals surface area contributed by atoms with E-state index in [1.165, 1.54) is 64.9 Å². The predicted molar refractivity (Wildman–Crippen MR) is 223 cm³/mol. The lowest BCUT2D eigenvalue weighted by Crippen LogP contribution is -2.61. The largest absolute Gasteiger partial charge is 0.481 e. The fourth-order valence-electron chi connectivity index (χ4n) is 10.1. The van der Waals surface area contributed by atoms with Crippen LogP contribution in [0.3, 0.4) is 0 Å². The van der Waals surface area contributed by atoms with E-state index >= 15 is 0 Å². The summed E-state index contributed by atoms with van der Waals surface area (Å²) >= 11 is 0. The molecule has 3 fully saturated rings. The van der Waals surface area contributed by atoms with Gasteiger partial charge in [0.1, 0.15) is 5.60 Å². The fourth-order valence-corrected chi connectivity index (χ4v) is 10.1. The van der Waals surface area contributed by atoms with Gasteiger partial charge in [-0.05, 0) is 88.2 Å². The molecular formula is C47H72O12. The first-order valence-electron chi connectivity index (χ1n) is 22.3. The third-order valence-corrected chi connectivity index (χ3v) is 13.4. The second-order valence-corrected chi connectivity index (χ2v) is 17.5. The van der Waals surface area contributed by atoms with Crippen LogP contribution in [-0.4, -0.2) is 82.8 Å². The zero-order valence-electron chi connectivity index (χ0n) is 36.2. The molecule has 332 valence electrons. The summed E-state index contributed by atoms with van der Waals surface area (Å²) in [7, 11) is 1.23. The van der Waals surface area contributed by atoms with Gasteiger partial charge in [-0.3, -0.25) is 28.8 Å². The summed E-state index contributed by atoms with van der Waals surface area (Å²) in [5.41, 5.74) is -1.96. The first-order chi connectivity index (χ1) is 28.1. The van der Waals surface area contributed by atoms with Gasteiger partial charge in [-0.2, -0.15) is 0 Å². The number of carbonyl (C=O) groups is 6. The van der Waals surface area contributed by atoms with Gasteiger partial charge in [-0.1, -0.05) is 95.9 Å². The minimum Gasteiger partial charge on any atom is -0.481 e. The van der Waals surface area contributed by atoms with Crippen molar-refractivity contribution in [2.45, 2.75) is 174 Å². The molecule has 0 aliphatic heterocycles. The van der Waals surface area contributed by atoms with E-state index in [0.29, 0.717) is 13.0 Å². The highest BCUT2D eigenvalue weighted by atomic mass is 16.5. The van der Waals surface area contributed by atoms with Crippen molar-refractivity contribution in [2.75, 3.05) is 20.3 Å². The molecule has 0 spiro atoms. The van der Waals surface area contributed by atoms with E-state index in [1.54, 1.807) is 12.2 Å². The van der Waals surface area contributed by atoms with Gasteiger partial charge in [-0.15, -0.1) is 0 Å². The quantitative estimate of drug-likeness (QED) is 0.0367. The van der Waals surface area contributed by atoms with Crippen molar-refractivity contribution in [1.29, 1.82) is 0 Å². The molecule has 4 rings (SSSR count). The van der Waals surface area contributed by atoms with Gasteiger partial charge < -0.3 is 29.5 Å². The van der Waals surface area contributed by atoms with Crippen LogP contribution in [-0.2, 0) is 43.0 Å². The van der Waals surface area contributed by atoms with E-state index in [2.05, 4.69) is 30.7 Å². The molecule has 12 nitrogen and oxygen atoms in total. The highest BCUT2D eigenvalue weighted by Gasteiger charge is 2.68. The fraction of sp³-hybridized carbons (Fsp3) is 0.745. The second-order valence-electron chi connectivity index (χ2n) is 17.5. The number of hydrogen-bond acceptors (Lipinski definition) is 11. The minimum atomic E-state index is -1.72. The summed E-state index contributed by atoms with van der Waals surface area (Å²) in [6.07, 6.45) is 26.8. The molecule has 7 atom stereocenters. The molecule has 0 aromatic rings. The Morgan fingerprint density at radius 1 is 0.814 bits per heavy atom. The normalized spacial score (nSPS) is 28.0. The van der Waals surface area contributed by atoms with E-state index < -0.39 is 58.8 Å². The maximum Gasteiger partial charge on any atom is 0.306 e. The average molecular weight is 829 g/mol. The molecule has 0 heterocycles. The lowest BCUT2D eigenvalue weighted by molar-refractivity contribution is -0.181. The number of aliphatic hydroxyl groups is 2. The Morgan fingerprint density at radius 2 is 1.41 bits per heavy atom. The Bertz CT molecular complexity index is 1510. The topological polar surface area (TPSA) is 191 Å². The second kappa shape index (κ2) is 24.6. The molecule has 0 amide bonds. The minimum absolute atomic E-state index is 0.0155. The number of methoxy groups -OCH3 is 1. The first-order valence-corrected chi connectivity index (χ1v) is 22.3. The molecule has 4 aliphatic rings. The van der Waals surface area contributed by atoms with Gasteiger partial charge in [-0.25, -0.2) is 0 Å². The molecular weight excluding hydrogens is 757 g/mol. The van der Waals surface area contributed by atoms with E-state index in [1.807, 2.05) is 13.0 Å². The van der Waals surface area contributed by atoms with Gasteiger partial charge in [0.05, 0.1) is 45.5 Å². The predicted octanol–water partition coefficient (Wildman–Crippen LogP) is 8.10. The Hall–Kier alpha value is -3.64. The number of aliphatic carboxylic acids is 1. The standard InChI is InChI=1S/C42H64O8.C5H8O4/c1-4-5-6-7-8-9-10-11-12-13-14-15-16-17-18-27-49-37(46)21-22-38(47)50-30-36(45)42(48)26-24-34-33-20-19-31-28-32(43)23-25-40(31,2)39(33)35(44)29-41(34,42)3;1-9-5(8)3-2-4(6)7/h10-11,23,25,28,33-35,39,44,48H,4-9,12-22,24,26-27,29-30H2,1-3H3;2-3H2,1H3,(H,6,7)/b11-10-;/t33-,34-,35-,39+,40-,41-,42-;/m0./s1. The van der Waals surface area contributed by atoms with Crippen molar-refractivity contribution < 1.29 is 58.3 Å². The third-order valence-electron chi connectivity index (χ3n) is 13.4. The zero-order chi connectivity index (χ0) is 43.5. The number of fused-ring (bicyclic) bond motifs is 5. The maximum absolute atomic E-state index is 13.5. The number of ketones is 2. The summed E-state index contributed by atoms with van der Waals surface area (Å²) in [4.78, 5) is 70.2. The van der Waals surface area contributed by atoms with Crippen molar-refractivity contribution in [3.05, 3.63) is 36.0 Å². The summed E-state index contributed by atoms with van der Waals surface area (Å²) in [6.45, 7) is 5.99. The molecule has 0 saturated heterocycles. The van der Waals surface area contributed by atoms with Crippen LogP contribution in [0, 0.1) is 28.6 Å². The van der Waals surface area contributed by atoms with Crippen LogP contribution in [0.15, 0.2) is 36.0 Å². The summed E-state index contributed by atoms with van der Waals surface area (Å²) < 4.78 is 14.7. The molecule has 3 N–H and O–H groups in total. The number of rotatable bonds is 24. The van der Waals surface area contributed by atoms with Gasteiger partial charge in [0.25, 0.3) is 0 Å². The van der Waals surface area contributed by atoms with E-state index in [9.17, 15) is 39.0 Å². The summed E-state index contributed by atoms with van der Waals surface area (Å²) in [6, 6.07) is 0. The van der Waals surface area contributed by atoms with Crippen LogP contribution in [0.25, 0.3) is 0 Å². The Balaban J connectivity index is 0.000000922. The van der Waals surface area contributed by atoms with Crippen LogP contribution < -0.4 is 0 Å². The van der Waals surface area contributed by atoms with Crippen LogP contribution in [0.5, 0.6) is 0 Å². The van der Waals surface area contributed by atoms with Crippen LogP contribution in [0.4, 0.5) is 0 Å². The number of ether oxygens (including phenoxy) is 3. The number of carboxylic acids is 1. The van der Waals surface area contributed by atoms with Gasteiger partial charge >= 0.3 is 23.9 Å². The molecule has 0 radical (unpaired) electrons. The number of unbranched alkanes of at least 4 members (excludes halogenated alkanes) is 11. The Kier molecular flexibility index (Phi) is 20.7. The number of esters is 3.